The van der Waals surface area contributed by atoms with Crippen LogP contribution < -0.4 is 21.2 Å². The van der Waals surface area contributed by atoms with Gasteiger partial charge in [0.25, 0.3) is 5.91 Å². The van der Waals surface area contributed by atoms with Crippen molar-refractivity contribution in [3.05, 3.63) is 100 Å². The molecule has 1 heterocycles. The smallest absolute Gasteiger partial charge is 0.255 e. The summed E-state index contributed by atoms with van der Waals surface area (Å²) in [5, 5.41) is 3.29. The van der Waals surface area contributed by atoms with Gasteiger partial charge in [-0.2, -0.15) is 0 Å². The van der Waals surface area contributed by atoms with Crippen LogP contribution in [0.2, 0.25) is 0 Å². The summed E-state index contributed by atoms with van der Waals surface area (Å²) in [6.45, 7) is 0.134. The molecule has 4 rings (SSSR count). The lowest BCUT2D eigenvalue weighted by Crippen LogP contribution is -2.11. The van der Waals surface area contributed by atoms with Gasteiger partial charge in [-0.1, -0.05) is 24.3 Å². The van der Waals surface area contributed by atoms with E-state index >= 15 is 0 Å². The van der Waals surface area contributed by atoms with Crippen LogP contribution >= 0.6 is 0 Å². The molecule has 1 amide bonds. The Morgan fingerprint density at radius 2 is 1.72 bits per heavy atom. The lowest BCUT2D eigenvalue weighted by Gasteiger charge is -2.09. The third kappa shape index (κ3) is 4.17. The van der Waals surface area contributed by atoms with Crippen molar-refractivity contribution < 1.29 is 13.9 Å². The minimum atomic E-state index is -0.237. The highest BCUT2D eigenvalue weighted by molar-refractivity contribution is 6.04. The Bertz CT molecular complexity index is 1230. The molecule has 0 aliphatic carbocycles. The Hall–Kier alpha value is -3.90. The molecule has 1 aromatic heterocycles. The minimum Gasteiger partial charge on any atom is -0.459 e. The quantitative estimate of drug-likeness (QED) is 0.533. The molecule has 6 nitrogen and oxygen atoms in total. The third-order valence-corrected chi connectivity index (χ3v) is 4.32. The van der Waals surface area contributed by atoms with Crippen molar-refractivity contribution in [2.45, 2.75) is 6.54 Å². The molecule has 29 heavy (non-hydrogen) atoms. The molecule has 144 valence electrons. The number of fused-ring (bicyclic) bond motifs is 1. The van der Waals surface area contributed by atoms with E-state index in [1.807, 2.05) is 30.3 Å². The molecule has 0 bridgehead atoms. The van der Waals surface area contributed by atoms with Gasteiger partial charge >= 0.3 is 0 Å². The number of hydrogen-bond acceptors (Lipinski definition) is 5. The molecule has 0 aliphatic heterocycles. The van der Waals surface area contributed by atoms with Crippen LogP contribution in [0.5, 0.6) is 11.5 Å². The molecular formula is C23H18N2O4. The predicted molar refractivity (Wildman–Crippen MR) is 111 cm³/mol. The number of nitrogens with one attached hydrogen (secondary N) is 1. The van der Waals surface area contributed by atoms with Crippen LogP contribution in [0, 0.1) is 0 Å². The highest BCUT2D eigenvalue weighted by Gasteiger charge is 2.09. The van der Waals surface area contributed by atoms with Gasteiger partial charge in [0.15, 0.2) is 5.43 Å². The molecule has 0 aliphatic rings. The first-order chi connectivity index (χ1) is 14.1. The highest BCUT2D eigenvalue weighted by Crippen LogP contribution is 2.26. The van der Waals surface area contributed by atoms with Crippen LogP contribution in [-0.4, -0.2) is 5.91 Å². The molecule has 4 aromatic rings. The fourth-order valence-electron chi connectivity index (χ4n) is 2.91. The van der Waals surface area contributed by atoms with E-state index in [2.05, 4.69) is 5.32 Å². The molecule has 3 aromatic carbocycles. The average molecular weight is 386 g/mol. The van der Waals surface area contributed by atoms with E-state index in [4.69, 9.17) is 14.9 Å². The fraction of sp³-hybridized carbons (Fsp3) is 0.0435. The van der Waals surface area contributed by atoms with E-state index in [1.165, 1.54) is 6.07 Å². The molecule has 0 unspecified atom stereocenters. The Balaban J connectivity index is 1.57. The molecule has 0 radical (unpaired) electrons. The van der Waals surface area contributed by atoms with Crippen LogP contribution in [0.15, 0.2) is 88.1 Å². The van der Waals surface area contributed by atoms with Gasteiger partial charge in [0, 0.05) is 23.4 Å². The number of nitrogens with two attached hydrogens (primary N) is 1. The van der Waals surface area contributed by atoms with Crippen molar-refractivity contribution >= 4 is 22.6 Å². The normalized spacial score (nSPS) is 10.7. The number of para-hydroxylation sites is 1. The van der Waals surface area contributed by atoms with E-state index in [0.717, 1.165) is 0 Å². The van der Waals surface area contributed by atoms with Gasteiger partial charge in [0.05, 0.1) is 11.9 Å². The second-order valence-electron chi connectivity index (χ2n) is 6.39. The number of rotatable bonds is 5. The summed E-state index contributed by atoms with van der Waals surface area (Å²) < 4.78 is 11.5. The van der Waals surface area contributed by atoms with Gasteiger partial charge < -0.3 is 20.2 Å². The largest absolute Gasteiger partial charge is 0.459 e. The van der Waals surface area contributed by atoms with Crippen LogP contribution in [-0.2, 0) is 6.54 Å². The topological polar surface area (TPSA) is 94.6 Å². The summed E-state index contributed by atoms with van der Waals surface area (Å²) in [7, 11) is 0. The maximum absolute atomic E-state index is 12.5. The van der Waals surface area contributed by atoms with Gasteiger partial charge in [-0.3, -0.25) is 9.59 Å². The van der Waals surface area contributed by atoms with Gasteiger partial charge in [-0.05, 0) is 42.5 Å². The van der Waals surface area contributed by atoms with Crippen molar-refractivity contribution in [1.82, 2.24) is 0 Å². The van der Waals surface area contributed by atoms with Gasteiger partial charge in [0.2, 0.25) is 0 Å². The van der Waals surface area contributed by atoms with E-state index in [1.54, 1.807) is 42.5 Å². The van der Waals surface area contributed by atoms with Crippen molar-refractivity contribution in [2.24, 2.45) is 5.73 Å². The third-order valence-electron chi connectivity index (χ3n) is 4.32. The van der Waals surface area contributed by atoms with Crippen molar-refractivity contribution in [2.75, 3.05) is 5.32 Å². The van der Waals surface area contributed by atoms with E-state index < -0.39 is 0 Å². The Kier molecular flexibility index (Phi) is 5.09. The number of anilines is 1. The number of benzene rings is 3. The highest BCUT2D eigenvalue weighted by atomic mass is 16.5. The SMILES string of the molecule is NCc1cc(=O)c2ccc(Oc3cccc(C(=O)Nc4ccccc4)c3)cc2o1. The molecule has 0 spiro atoms. The maximum Gasteiger partial charge on any atom is 0.255 e. The zero-order valence-corrected chi connectivity index (χ0v) is 15.4. The predicted octanol–water partition coefficient (Wildman–Crippen LogP) is 4.30. The Morgan fingerprint density at radius 3 is 2.52 bits per heavy atom. The zero-order valence-electron chi connectivity index (χ0n) is 15.4. The lowest BCUT2D eigenvalue weighted by atomic mass is 10.2. The van der Waals surface area contributed by atoms with Crippen molar-refractivity contribution in [3.8, 4) is 11.5 Å². The minimum absolute atomic E-state index is 0.134. The average Bonchev–Trinajstić information content (AvgIpc) is 2.74. The molecule has 0 saturated heterocycles. The van der Waals surface area contributed by atoms with Crippen molar-refractivity contribution in [3.63, 3.8) is 0 Å². The number of carbonyl (C=O) groups excluding carboxylic acids is 1. The Morgan fingerprint density at radius 1 is 0.931 bits per heavy atom. The fourth-order valence-corrected chi connectivity index (χ4v) is 2.91. The summed E-state index contributed by atoms with van der Waals surface area (Å²) in [6, 6.07) is 22.4. The van der Waals surface area contributed by atoms with E-state index in [0.29, 0.717) is 39.5 Å². The summed E-state index contributed by atoms with van der Waals surface area (Å²) in [5.74, 6) is 1.14. The molecule has 0 saturated carbocycles. The van der Waals surface area contributed by atoms with E-state index in [-0.39, 0.29) is 17.9 Å². The summed E-state index contributed by atoms with van der Waals surface area (Å²) >= 11 is 0. The van der Waals surface area contributed by atoms with E-state index in [9.17, 15) is 9.59 Å². The van der Waals surface area contributed by atoms with Crippen LogP contribution in [0.3, 0.4) is 0 Å². The van der Waals surface area contributed by atoms with Gasteiger partial charge in [-0.25, -0.2) is 0 Å². The number of amides is 1. The molecule has 3 N–H and O–H groups in total. The number of carbonyl (C=O) groups is 1. The van der Waals surface area contributed by atoms with Gasteiger partial charge in [0.1, 0.15) is 22.8 Å². The molecule has 6 heteroatoms. The number of ether oxygens (including phenoxy) is 1. The molecule has 0 fully saturated rings. The first-order valence-electron chi connectivity index (χ1n) is 9.03. The van der Waals surface area contributed by atoms with Crippen LogP contribution in [0.25, 0.3) is 11.0 Å². The maximum atomic E-state index is 12.5. The first-order valence-corrected chi connectivity index (χ1v) is 9.03. The molecular weight excluding hydrogens is 368 g/mol. The second-order valence-corrected chi connectivity index (χ2v) is 6.39. The first kappa shape index (κ1) is 18.5. The van der Waals surface area contributed by atoms with Crippen LogP contribution in [0.1, 0.15) is 16.1 Å². The Labute approximate surface area is 166 Å². The zero-order chi connectivity index (χ0) is 20.2. The second kappa shape index (κ2) is 8.00. The summed E-state index contributed by atoms with van der Waals surface area (Å²) in [6.07, 6.45) is 0. The van der Waals surface area contributed by atoms with Crippen molar-refractivity contribution in [1.29, 1.82) is 0 Å². The monoisotopic (exact) mass is 386 g/mol. The summed E-state index contributed by atoms with van der Waals surface area (Å²) in [5.41, 5.74) is 6.99. The summed E-state index contributed by atoms with van der Waals surface area (Å²) in [4.78, 5) is 24.6. The molecule has 0 atom stereocenters. The van der Waals surface area contributed by atoms with Crippen LogP contribution in [0.4, 0.5) is 5.69 Å². The standard InChI is InChI=1S/C23H18N2O4/c24-14-19-12-21(26)20-10-9-18(13-22(20)29-19)28-17-8-4-5-15(11-17)23(27)25-16-6-2-1-3-7-16/h1-13H,14,24H2,(H,25,27). The number of hydrogen-bond donors (Lipinski definition) is 2. The lowest BCUT2D eigenvalue weighted by molar-refractivity contribution is 0.102. The van der Waals surface area contributed by atoms with Gasteiger partial charge in [-0.15, -0.1) is 0 Å².